The molecule has 0 aliphatic rings. The average Bonchev–Trinajstić information content (AvgIpc) is 2.26. The van der Waals surface area contributed by atoms with Gasteiger partial charge in [-0.05, 0) is 31.5 Å². The number of hydrogen-bond donors (Lipinski definition) is 0. The zero-order valence-corrected chi connectivity index (χ0v) is 13.0. The predicted octanol–water partition coefficient (Wildman–Crippen LogP) is 3.45. The molecule has 0 heterocycles. The zero-order valence-electron chi connectivity index (χ0n) is 10.7. The van der Waals surface area contributed by atoms with Crippen molar-refractivity contribution >= 4 is 33.0 Å². The summed E-state index contributed by atoms with van der Waals surface area (Å²) in [6.07, 6.45) is 1.17. The topological polar surface area (TPSA) is 43.4 Å². The highest BCUT2D eigenvalue weighted by atomic mass is 35.5. The van der Waals surface area contributed by atoms with Crippen LogP contribution in [0.3, 0.4) is 0 Å². The van der Waals surface area contributed by atoms with Gasteiger partial charge in [0, 0.05) is 11.3 Å². The lowest BCUT2D eigenvalue weighted by atomic mass is 10.0. The van der Waals surface area contributed by atoms with E-state index in [4.69, 9.17) is 27.9 Å². The molecule has 0 saturated heterocycles. The number of rotatable bonds is 4. The van der Waals surface area contributed by atoms with Gasteiger partial charge in [-0.3, -0.25) is 0 Å². The van der Waals surface area contributed by atoms with E-state index in [0.717, 1.165) is 0 Å². The second-order valence-corrected chi connectivity index (χ2v) is 8.07. The summed E-state index contributed by atoms with van der Waals surface area (Å²) in [7, 11) is -1.77. The van der Waals surface area contributed by atoms with E-state index < -0.39 is 20.0 Å². The molecule has 1 aromatic carbocycles. The van der Waals surface area contributed by atoms with Crippen LogP contribution in [0.25, 0.3) is 0 Å². The maximum absolute atomic E-state index is 11.7. The molecule has 1 unspecified atom stereocenters. The number of ether oxygens (including phenoxy) is 1. The summed E-state index contributed by atoms with van der Waals surface area (Å²) >= 11 is 12.4. The van der Waals surface area contributed by atoms with E-state index in [1.807, 2.05) is 0 Å². The molecular formula is C12H16Cl2O3S. The van der Waals surface area contributed by atoms with Crippen LogP contribution in [0.2, 0.25) is 5.02 Å². The minimum absolute atomic E-state index is 0.395. The maximum Gasteiger partial charge on any atom is 0.154 e. The van der Waals surface area contributed by atoms with E-state index in [1.165, 1.54) is 13.4 Å². The second kappa shape index (κ2) is 5.27. The highest BCUT2D eigenvalue weighted by molar-refractivity contribution is 7.92. The predicted molar refractivity (Wildman–Crippen MR) is 75.5 cm³/mol. The highest BCUT2D eigenvalue weighted by Crippen LogP contribution is 2.41. The molecule has 1 atom stereocenters. The first-order valence-electron chi connectivity index (χ1n) is 5.28. The molecule has 102 valence electrons. The van der Waals surface area contributed by atoms with Gasteiger partial charge >= 0.3 is 0 Å². The molecule has 0 aliphatic heterocycles. The highest BCUT2D eigenvalue weighted by Gasteiger charge is 2.39. The summed E-state index contributed by atoms with van der Waals surface area (Å²) in [6, 6.07) is 5.01. The number of methoxy groups -OCH3 is 1. The lowest BCUT2D eigenvalue weighted by molar-refractivity contribution is 0.414. The molecule has 3 nitrogen and oxygen atoms in total. The van der Waals surface area contributed by atoms with Crippen molar-refractivity contribution in [3.05, 3.63) is 28.8 Å². The van der Waals surface area contributed by atoms with Crippen LogP contribution >= 0.6 is 23.2 Å². The van der Waals surface area contributed by atoms with Gasteiger partial charge < -0.3 is 4.74 Å². The second-order valence-electron chi connectivity index (χ2n) is 4.63. The van der Waals surface area contributed by atoms with Crippen LogP contribution in [0, 0.1) is 0 Å². The van der Waals surface area contributed by atoms with Crippen molar-refractivity contribution in [2.75, 3.05) is 13.4 Å². The Balaban J connectivity index is 3.24. The number of halogens is 2. The summed E-state index contributed by atoms with van der Waals surface area (Å²) in [6.45, 7) is 3.17. The zero-order chi connectivity index (χ0) is 14.1. The van der Waals surface area contributed by atoms with Crippen molar-refractivity contribution in [1.29, 1.82) is 0 Å². The van der Waals surface area contributed by atoms with Gasteiger partial charge in [0.1, 0.15) is 5.75 Å². The molecule has 6 heteroatoms. The first-order chi connectivity index (χ1) is 8.11. The Bertz CT molecular complexity index is 538. The minimum atomic E-state index is -3.30. The summed E-state index contributed by atoms with van der Waals surface area (Å²) in [5.74, 6) is 0.602. The first kappa shape index (κ1) is 15.6. The van der Waals surface area contributed by atoms with Crippen LogP contribution in [0.1, 0.15) is 24.8 Å². The van der Waals surface area contributed by atoms with Gasteiger partial charge in [-0.25, -0.2) is 8.42 Å². The van der Waals surface area contributed by atoms with Gasteiger partial charge in [-0.2, -0.15) is 0 Å². The number of sulfone groups is 1. The molecule has 18 heavy (non-hydrogen) atoms. The minimum Gasteiger partial charge on any atom is -0.497 e. The Hall–Kier alpha value is -0.450. The Morgan fingerprint density at radius 3 is 2.28 bits per heavy atom. The molecule has 1 rings (SSSR count). The molecule has 1 aromatic rings. The van der Waals surface area contributed by atoms with Crippen molar-refractivity contribution in [3.63, 3.8) is 0 Å². The van der Waals surface area contributed by atoms with Crippen LogP contribution < -0.4 is 4.74 Å². The fourth-order valence-corrected chi connectivity index (χ4v) is 2.92. The molecular weight excluding hydrogens is 295 g/mol. The molecule has 0 saturated carbocycles. The Kier molecular flexibility index (Phi) is 4.57. The lowest BCUT2D eigenvalue weighted by Gasteiger charge is -2.29. The summed E-state index contributed by atoms with van der Waals surface area (Å²) in [5.41, 5.74) is 0.578. The van der Waals surface area contributed by atoms with Gasteiger partial charge in [0.05, 0.1) is 17.2 Å². The Morgan fingerprint density at radius 2 is 1.89 bits per heavy atom. The Morgan fingerprint density at radius 1 is 1.33 bits per heavy atom. The SMILES string of the molecule is COc1ccc(C(Cl)C(C)(C)S(C)(=O)=O)c(Cl)c1. The van der Waals surface area contributed by atoms with Gasteiger partial charge in [-0.15, -0.1) is 11.6 Å². The van der Waals surface area contributed by atoms with E-state index in [9.17, 15) is 8.42 Å². The maximum atomic E-state index is 11.7. The summed E-state index contributed by atoms with van der Waals surface area (Å²) < 4.78 is 27.4. The van der Waals surface area contributed by atoms with E-state index in [1.54, 1.807) is 32.0 Å². The van der Waals surface area contributed by atoms with Crippen LogP contribution in [-0.2, 0) is 9.84 Å². The fourth-order valence-electron chi connectivity index (χ4n) is 1.40. The molecule has 0 amide bonds. The van der Waals surface area contributed by atoms with Crippen LogP contribution in [-0.4, -0.2) is 26.5 Å². The van der Waals surface area contributed by atoms with Gasteiger partial charge in [0.2, 0.25) is 0 Å². The lowest BCUT2D eigenvalue weighted by Crippen LogP contribution is -2.35. The summed E-state index contributed by atoms with van der Waals surface area (Å²) in [4.78, 5) is 0. The molecule has 0 N–H and O–H groups in total. The first-order valence-corrected chi connectivity index (χ1v) is 7.99. The van der Waals surface area contributed by atoms with E-state index in [0.29, 0.717) is 16.3 Å². The molecule has 0 aliphatic carbocycles. The number of benzene rings is 1. The normalized spacial score (nSPS) is 14.3. The van der Waals surface area contributed by atoms with E-state index in [-0.39, 0.29) is 0 Å². The largest absolute Gasteiger partial charge is 0.497 e. The van der Waals surface area contributed by atoms with Crippen molar-refractivity contribution < 1.29 is 13.2 Å². The van der Waals surface area contributed by atoms with E-state index >= 15 is 0 Å². The molecule has 0 bridgehead atoms. The average molecular weight is 311 g/mol. The standard InChI is InChI=1S/C12H16Cl2O3S/c1-12(2,18(4,15)16)11(14)9-6-5-8(17-3)7-10(9)13/h5-7,11H,1-4H3. The van der Waals surface area contributed by atoms with Crippen molar-refractivity contribution in [1.82, 2.24) is 0 Å². The summed E-state index contributed by atoms with van der Waals surface area (Å²) in [5, 5.41) is -0.336. The van der Waals surface area contributed by atoms with Gasteiger partial charge in [-0.1, -0.05) is 17.7 Å². The Labute approximate surface area is 118 Å². The van der Waals surface area contributed by atoms with E-state index in [2.05, 4.69) is 0 Å². The van der Waals surface area contributed by atoms with Crippen molar-refractivity contribution in [3.8, 4) is 5.75 Å². The molecule has 0 fully saturated rings. The molecule has 0 aromatic heterocycles. The monoisotopic (exact) mass is 310 g/mol. The third-order valence-corrected chi connectivity index (χ3v) is 6.43. The third-order valence-electron chi connectivity index (χ3n) is 3.05. The van der Waals surface area contributed by atoms with Crippen molar-refractivity contribution in [2.24, 2.45) is 0 Å². The smallest absolute Gasteiger partial charge is 0.154 e. The van der Waals surface area contributed by atoms with Gasteiger partial charge in [0.15, 0.2) is 9.84 Å². The van der Waals surface area contributed by atoms with Crippen LogP contribution in [0.5, 0.6) is 5.75 Å². The number of alkyl halides is 1. The third kappa shape index (κ3) is 2.92. The van der Waals surface area contributed by atoms with Crippen LogP contribution in [0.15, 0.2) is 18.2 Å². The van der Waals surface area contributed by atoms with Crippen molar-refractivity contribution in [2.45, 2.75) is 24.0 Å². The fraction of sp³-hybridized carbons (Fsp3) is 0.500. The number of hydrogen-bond acceptors (Lipinski definition) is 3. The van der Waals surface area contributed by atoms with Gasteiger partial charge in [0.25, 0.3) is 0 Å². The molecule has 0 spiro atoms. The quantitative estimate of drug-likeness (QED) is 0.800. The van der Waals surface area contributed by atoms with Crippen LogP contribution in [0.4, 0.5) is 0 Å². The molecule has 0 radical (unpaired) electrons.